The van der Waals surface area contributed by atoms with Crippen molar-refractivity contribution in [1.29, 1.82) is 0 Å². The highest BCUT2D eigenvalue weighted by Gasteiger charge is 2.25. The molecule has 242 valence electrons. The lowest BCUT2D eigenvalue weighted by atomic mass is 10.1. The van der Waals surface area contributed by atoms with E-state index in [0.717, 1.165) is 45.0 Å². The van der Waals surface area contributed by atoms with Crippen molar-refractivity contribution in [3.63, 3.8) is 0 Å². The zero-order valence-electron chi connectivity index (χ0n) is 25.9. The molecule has 0 spiro atoms. The van der Waals surface area contributed by atoms with Gasteiger partial charge in [-0.2, -0.15) is 0 Å². The van der Waals surface area contributed by atoms with Crippen LogP contribution in [0.4, 0.5) is 0 Å². The smallest absolute Gasteiger partial charge is 0.340 e. The molecule has 2 heterocycles. The van der Waals surface area contributed by atoms with E-state index in [0.29, 0.717) is 11.6 Å². The first-order valence-electron chi connectivity index (χ1n) is 15.0. The molecule has 8 nitrogen and oxygen atoms in total. The highest BCUT2D eigenvalue weighted by molar-refractivity contribution is 14.0. The van der Waals surface area contributed by atoms with Crippen LogP contribution in [0.5, 0.6) is 0 Å². The van der Waals surface area contributed by atoms with Gasteiger partial charge >= 0.3 is 11.6 Å². The summed E-state index contributed by atoms with van der Waals surface area (Å²) in [4.78, 5) is 7.33. The number of para-hydroxylation sites is 2. The van der Waals surface area contributed by atoms with Crippen LogP contribution in [0.15, 0.2) is 170 Å². The van der Waals surface area contributed by atoms with Gasteiger partial charge in [0.15, 0.2) is 11.4 Å². The third-order valence-corrected chi connectivity index (χ3v) is 7.68. The number of tetrazole rings is 2. The second kappa shape index (κ2) is 15.8. The molecule has 0 radical (unpaired) electrons. The fourth-order valence-corrected chi connectivity index (χ4v) is 5.34. The number of aromatic nitrogens is 8. The number of hydrogen-bond donors (Lipinski definition) is 0. The summed E-state index contributed by atoms with van der Waals surface area (Å²) in [5.41, 5.74) is 7.74. The molecule has 0 aliphatic heterocycles. The Balaban J connectivity index is 0.00000156. The third kappa shape index (κ3) is 7.29. The van der Waals surface area contributed by atoms with Crippen molar-refractivity contribution >= 4 is 24.0 Å². The zero-order chi connectivity index (χ0) is 30.7. The predicted octanol–water partition coefficient (Wildman–Crippen LogP) is 1.03. The standard InChI is InChI=1S/C38H28N8.2ClH.HI/c1-5-13-31(14-6-1)37-39-43(33-17-9-3-10-18-33)45(41-37)35-25-21-29(22-26-35)30-23-27-36(28-24-30)46-42-38(32-15-7-2-8-16-32)40-44(46)34-19-11-4-12-20-34;;;/h1-28H;3*1H/q+2;;;/p-2. The van der Waals surface area contributed by atoms with Gasteiger partial charge in [0.2, 0.25) is 0 Å². The Morgan fingerprint density at radius 2 is 0.653 bits per heavy atom. The van der Waals surface area contributed by atoms with Crippen molar-refractivity contribution in [2.75, 3.05) is 0 Å². The SMILES string of the molecule is I.[Cl-].[Cl-].c1ccc(-c2nn(-c3ccccc3)[n+](-c3ccc(-c4ccc(-[n+]5nc(-c6ccccc6)nn5-c5ccccc5)cc4)cc3)n2)cc1. The number of hydrogen-bond acceptors (Lipinski definition) is 4. The Bertz CT molecular complexity index is 2070. The van der Waals surface area contributed by atoms with Crippen molar-refractivity contribution in [2.24, 2.45) is 0 Å². The first-order chi connectivity index (χ1) is 22.8. The van der Waals surface area contributed by atoms with Crippen molar-refractivity contribution in [3.05, 3.63) is 170 Å². The van der Waals surface area contributed by atoms with Gasteiger partial charge in [0.25, 0.3) is 0 Å². The van der Waals surface area contributed by atoms with Crippen LogP contribution in [0.25, 0.3) is 56.7 Å². The molecule has 0 bridgehead atoms. The Labute approximate surface area is 313 Å². The summed E-state index contributed by atoms with van der Waals surface area (Å²) in [6, 6.07) is 56.8. The minimum Gasteiger partial charge on any atom is -1.00 e. The normalized spacial score (nSPS) is 10.4. The van der Waals surface area contributed by atoms with Gasteiger partial charge in [-0.25, -0.2) is 0 Å². The van der Waals surface area contributed by atoms with Gasteiger partial charge < -0.3 is 24.8 Å². The van der Waals surface area contributed by atoms with Crippen molar-refractivity contribution in [3.8, 4) is 56.7 Å². The van der Waals surface area contributed by atoms with E-state index in [4.69, 9.17) is 20.4 Å². The summed E-state index contributed by atoms with van der Waals surface area (Å²) in [6.45, 7) is 0. The van der Waals surface area contributed by atoms with Crippen molar-refractivity contribution in [2.45, 2.75) is 0 Å². The maximum Gasteiger partial charge on any atom is 0.340 e. The average molecular weight is 796 g/mol. The molecule has 0 unspecified atom stereocenters. The molecule has 8 aromatic rings. The first-order valence-corrected chi connectivity index (χ1v) is 15.0. The summed E-state index contributed by atoms with van der Waals surface area (Å²) in [5, 5.41) is 19.5. The van der Waals surface area contributed by atoms with Gasteiger partial charge in [-0.3, -0.25) is 0 Å². The van der Waals surface area contributed by atoms with E-state index in [-0.39, 0.29) is 48.8 Å². The Morgan fingerprint density at radius 1 is 0.347 bits per heavy atom. The summed E-state index contributed by atoms with van der Waals surface area (Å²) >= 11 is 0. The fourth-order valence-electron chi connectivity index (χ4n) is 5.34. The fraction of sp³-hybridized carbons (Fsp3) is 0. The Morgan fingerprint density at radius 3 is 0.980 bits per heavy atom. The van der Waals surface area contributed by atoms with Crippen LogP contribution in [0.1, 0.15) is 0 Å². The zero-order valence-corrected chi connectivity index (χ0v) is 29.7. The molecule has 0 amide bonds. The predicted molar refractivity (Wildman–Crippen MR) is 191 cm³/mol. The van der Waals surface area contributed by atoms with E-state index in [1.165, 1.54) is 0 Å². The molecule has 8 rings (SSSR count). The van der Waals surface area contributed by atoms with Crippen LogP contribution in [0, 0.1) is 0 Å². The van der Waals surface area contributed by atoms with Crippen LogP contribution < -0.4 is 34.4 Å². The van der Waals surface area contributed by atoms with Crippen LogP contribution in [-0.4, -0.2) is 30.0 Å². The van der Waals surface area contributed by atoms with Crippen molar-refractivity contribution < 1.29 is 34.4 Å². The molecule has 6 aromatic carbocycles. The van der Waals surface area contributed by atoms with E-state index in [1.807, 2.05) is 141 Å². The lowest BCUT2D eigenvalue weighted by Crippen LogP contribution is -3.00. The van der Waals surface area contributed by atoms with Crippen LogP contribution in [0.2, 0.25) is 0 Å². The molecule has 0 saturated carbocycles. The molecule has 49 heavy (non-hydrogen) atoms. The van der Waals surface area contributed by atoms with Gasteiger partial charge in [-0.05, 0) is 128 Å². The van der Waals surface area contributed by atoms with Crippen LogP contribution in [-0.2, 0) is 0 Å². The van der Waals surface area contributed by atoms with E-state index in [2.05, 4.69) is 48.5 Å². The van der Waals surface area contributed by atoms with E-state index in [1.54, 1.807) is 0 Å². The summed E-state index contributed by atoms with van der Waals surface area (Å²) < 4.78 is 0. The van der Waals surface area contributed by atoms with Gasteiger partial charge in [-0.1, -0.05) is 72.8 Å². The average Bonchev–Trinajstić information content (AvgIpc) is 3.80. The van der Waals surface area contributed by atoms with Gasteiger partial charge in [-0.15, -0.1) is 24.0 Å². The van der Waals surface area contributed by atoms with E-state index >= 15 is 0 Å². The molecule has 0 atom stereocenters. The molecule has 0 N–H and O–H groups in total. The lowest BCUT2D eigenvalue weighted by molar-refractivity contribution is -0.734. The molecule has 11 heteroatoms. The number of benzene rings is 6. The van der Waals surface area contributed by atoms with Crippen LogP contribution >= 0.6 is 24.0 Å². The largest absolute Gasteiger partial charge is 1.00 e. The van der Waals surface area contributed by atoms with Gasteiger partial charge in [0, 0.05) is 9.59 Å². The van der Waals surface area contributed by atoms with Gasteiger partial charge in [0.05, 0.1) is 21.3 Å². The van der Waals surface area contributed by atoms with E-state index in [9.17, 15) is 0 Å². The number of nitrogens with zero attached hydrogens (tertiary/aromatic N) is 8. The molecule has 0 fully saturated rings. The minimum atomic E-state index is 0. The maximum atomic E-state index is 4.88. The summed E-state index contributed by atoms with van der Waals surface area (Å²) in [6.07, 6.45) is 0. The quantitative estimate of drug-likeness (QED) is 0.179. The maximum absolute atomic E-state index is 4.88. The molecule has 0 aliphatic rings. The number of rotatable bonds is 7. The second-order valence-electron chi connectivity index (χ2n) is 10.7. The summed E-state index contributed by atoms with van der Waals surface area (Å²) in [7, 11) is 0. The second-order valence-corrected chi connectivity index (χ2v) is 10.7. The summed E-state index contributed by atoms with van der Waals surface area (Å²) in [5.74, 6) is 1.31. The highest BCUT2D eigenvalue weighted by atomic mass is 127. The molecular formula is C38H29Cl2IN8. The molecule has 2 aromatic heterocycles. The first kappa shape index (κ1) is 35.1. The van der Waals surface area contributed by atoms with Gasteiger partial charge in [0.1, 0.15) is 11.4 Å². The monoisotopic (exact) mass is 794 g/mol. The van der Waals surface area contributed by atoms with Crippen LogP contribution in [0.3, 0.4) is 0 Å². The van der Waals surface area contributed by atoms with Crippen molar-refractivity contribution in [1.82, 2.24) is 30.0 Å². The topological polar surface area (TPSA) is 69.2 Å². The third-order valence-electron chi connectivity index (χ3n) is 7.68. The molecule has 0 saturated heterocycles. The molecule has 0 aliphatic carbocycles. The molecular weight excluding hydrogens is 766 g/mol. The number of halogens is 3. The Kier molecular flexibility index (Phi) is 11.3. The Hall–Kier alpha value is -5.23. The minimum absolute atomic E-state index is 0. The lowest BCUT2D eigenvalue weighted by Gasteiger charge is -2.04. The highest BCUT2D eigenvalue weighted by Crippen LogP contribution is 2.22. The van der Waals surface area contributed by atoms with E-state index < -0.39 is 0 Å².